The first-order valence-electron chi connectivity index (χ1n) is 12.0. The maximum Gasteiger partial charge on any atom is 0.336 e. The number of hydrogen-bond acceptors (Lipinski definition) is 8. The zero-order valence-electron chi connectivity index (χ0n) is 21.3. The largest absolute Gasteiger partial charge is 0.494 e. The van der Waals surface area contributed by atoms with Gasteiger partial charge in [0, 0.05) is 22.9 Å². The van der Waals surface area contributed by atoms with Crippen molar-refractivity contribution in [3.05, 3.63) is 52.4 Å². The molecule has 0 radical (unpaired) electrons. The van der Waals surface area contributed by atoms with Gasteiger partial charge in [0.15, 0.2) is 5.78 Å². The molecule has 0 unspecified atom stereocenters. The van der Waals surface area contributed by atoms with Gasteiger partial charge in [-0.05, 0) is 57.7 Å². The van der Waals surface area contributed by atoms with Crippen LogP contribution in [0.15, 0.2) is 46.8 Å². The van der Waals surface area contributed by atoms with Crippen LogP contribution in [0.2, 0.25) is 0 Å². The van der Waals surface area contributed by atoms with E-state index in [0.29, 0.717) is 46.9 Å². The van der Waals surface area contributed by atoms with E-state index in [1.165, 1.54) is 7.11 Å². The van der Waals surface area contributed by atoms with Crippen LogP contribution in [0.3, 0.4) is 0 Å². The molecular formula is C27H35NO7. The fraction of sp³-hybridized carbons (Fsp3) is 0.519. The highest BCUT2D eigenvalue weighted by Gasteiger charge is 2.47. The van der Waals surface area contributed by atoms with E-state index in [9.17, 15) is 14.4 Å². The van der Waals surface area contributed by atoms with E-state index in [1.807, 2.05) is 52.0 Å². The van der Waals surface area contributed by atoms with Gasteiger partial charge in [0.05, 0.1) is 32.0 Å². The van der Waals surface area contributed by atoms with Crippen LogP contribution in [-0.4, -0.2) is 50.8 Å². The van der Waals surface area contributed by atoms with Gasteiger partial charge in [-0.3, -0.25) is 9.59 Å². The fourth-order valence-electron chi connectivity index (χ4n) is 4.73. The molecule has 0 bridgehead atoms. The maximum absolute atomic E-state index is 13.8. The van der Waals surface area contributed by atoms with Crippen LogP contribution in [0, 0.1) is 11.8 Å². The van der Waals surface area contributed by atoms with Crippen LogP contribution in [-0.2, 0) is 28.6 Å². The summed E-state index contributed by atoms with van der Waals surface area (Å²) >= 11 is 0. The SMILES string of the molecule is CCOc1cccc([C@H]2C(C(=O)OCCOC(C)C)=C(C)NC3=C2C(=O)[C@@H](C(=O)OC)[C@@H](C)C3)c1. The summed E-state index contributed by atoms with van der Waals surface area (Å²) in [5.74, 6) is -2.72. The molecule has 3 atom stereocenters. The number of dihydropyridines is 1. The molecule has 8 nitrogen and oxygen atoms in total. The lowest BCUT2D eigenvalue weighted by atomic mass is 9.69. The van der Waals surface area contributed by atoms with Gasteiger partial charge in [-0.15, -0.1) is 0 Å². The Hall–Kier alpha value is -3.13. The monoisotopic (exact) mass is 485 g/mol. The zero-order valence-corrected chi connectivity index (χ0v) is 21.3. The summed E-state index contributed by atoms with van der Waals surface area (Å²) in [6.07, 6.45) is 0.495. The average molecular weight is 486 g/mol. The van der Waals surface area contributed by atoms with Gasteiger partial charge in [0.2, 0.25) is 0 Å². The fourth-order valence-corrected chi connectivity index (χ4v) is 4.73. The van der Waals surface area contributed by atoms with Gasteiger partial charge < -0.3 is 24.3 Å². The van der Waals surface area contributed by atoms with Crippen molar-refractivity contribution in [2.24, 2.45) is 11.8 Å². The summed E-state index contributed by atoms with van der Waals surface area (Å²) < 4.78 is 21.7. The summed E-state index contributed by atoms with van der Waals surface area (Å²) in [7, 11) is 1.28. The molecule has 0 saturated carbocycles. The lowest BCUT2D eigenvalue weighted by Crippen LogP contribution is -2.43. The van der Waals surface area contributed by atoms with Crippen LogP contribution in [0.5, 0.6) is 5.75 Å². The Kier molecular flexibility index (Phi) is 8.72. The number of allylic oxidation sites excluding steroid dienone is 3. The Balaban J connectivity index is 2.06. The van der Waals surface area contributed by atoms with Crippen molar-refractivity contribution < 1.29 is 33.3 Å². The Morgan fingerprint density at radius 3 is 2.60 bits per heavy atom. The molecule has 1 heterocycles. The Morgan fingerprint density at radius 1 is 1.20 bits per heavy atom. The topological polar surface area (TPSA) is 100 Å². The Bertz CT molecular complexity index is 1040. The number of ketones is 1. The molecule has 0 amide bonds. The molecule has 3 rings (SSSR count). The van der Waals surface area contributed by atoms with Crippen molar-refractivity contribution in [2.45, 2.75) is 53.1 Å². The zero-order chi connectivity index (χ0) is 25.7. The lowest BCUT2D eigenvalue weighted by Gasteiger charge is -2.38. The first kappa shape index (κ1) is 26.5. The van der Waals surface area contributed by atoms with E-state index in [0.717, 1.165) is 0 Å². The summed E-state index contributed by atoms with van der Waals surface area (Å²) in [6.45, 7) is 10.2. The molecule has 35 heavy (non-hydrogen) atoms. The van der Waals surface area contributed by atoms with Crippen molar-refractivity contribution in [1.29, 1.82) is 0 Å². The van der Waals surface area contributed by atoms with Crippen molar-refractivity contribution in [2.75, 3.05) is 26.9 Å². The standard InChI is InChI=1S/C27H35NO7/c1-7-33-19-10-8-9-18(14-19)23-22(27(31)35-12-11-34-15(2)3)17(5)28-20-13-16(4)21(26(30)32-6)25(29)24(20)23/h8-10,14-16,21,23,28H,7,11-13H2,1-6H3/t16-,21-,23-/m0/s1. The summed E-state index contributed by atoms with van der Waals surface area (Å²) in [4.78, 5) is 39.6. The van der Waals surface area contributed by atoms with Gasteiger partial charge in [-0.2, -0.15) is 0 Å². The molecule has 190 valence electrons. The minimum Gasteiger partial charge on any atom is -0.494 e. The number of carbonyl (C=O) groups is 3. The third-order valence-electron chi connectivity index (χ3n) is 6.23. The molecule has 0 spiro atoms. The molecular weight excluding hydrogens is 450 g/mol. The van der Waals surface area contributed by atoms with Crippen molar-refractivity contribution in [3.8, 4) is 5.75 Å². The average Bonchev–Trinajstić information content (AvgIpc) is 2.80. The van der Waals surface area contributed by atoms with E-state index >= 15 is 0 Å². The highest BCUT2D eigenvalue weighted by Crippen LogP contribution is 2.45. The smallest absolute Gasteiger partial charge is 0.336 e. The van der Waals surface area contributed by atoms with Gasteiger partial charge in [-0.1, -0.05) is 19.1 Å². The summed E-state index contributed by atoms with van der Waals surface area (Å²) in [6, 6.07) is 7.32. The third kappa shape index (κ3) is 5.75. The van der Waals surface area contributed by atoms with E-state index in [2.05, 4.69) is 5.32 Å². The molecule has 8 heteroatoms. The molecule has 1 aromatic carbocycles. The molecule has 2 aliphatic rings. The molecule has 1 aliphatic heterocycles. The van der Waals surface area contributed by atoms with Crippen molar-refractivity contribution in [1.82, 2.24) is 5.32 Å². The predicted molar refractivity (Wildman–Crippen MR) is 130 cm³/mol. The first-order valence-corrected chi connectivity index (χ1v) is 12.0. The normalized spacial score (nSPS) is 22.0. The second kappa shape index (κ2) is 11.5. The second-order valence-electron chi connectivity index (χ2n) is 9.10. The number of nitrogens with one attached hydrogen (secondary N) is 1. The van der Waals surface area contributed by atoms with Crippen LogP contribution >= 0.6 is 0 Å². The van der Waals surface area contributed by atoms with E-state index in [-0.39, 0.29) is 31.0 Å². The third-order valence-corrected chi connectivity index (χ3v) is 6.23. The van der Waals surface area contributed by atoms with E-state index in [4.69, 9.17) is 18.9 Å². The molecule has 0 saturated heterocycles. The number of ether oxygens (including phenoxy) is 4. The quantitative estimate of drug-likeness (QED) is 0.321. The second-order valence-corrected chi connectivity index (χ2v) is 9.10. The molecule has 0 aromatic heterocycles. The van der Waals surface area contributed by atoms with Gasteiger partial charge >= 0.3 is 11.9 Å². The Morgan fingerprint density at radius 2 is 1.94 bits per heavy atom. The van der Waals surface area contributed by atoms with Crippen molar-refractivity contribution >= 4 is 17.7 Å². The number of hydrogen-bond donors (Lipinski definition) is 1. The predicted octanol–water partition coefficient (Wildman–Crippen LogP) is 3.67. The molecule has 1 aromatic rings. The lowest BCUT2D eigenvalue weighted by molar-refractivity contribution is -0.151. The number of benzene rings is 1. The number of esters is 2. The first-order chi connectivity index (χ1) is 16.7. The van der Waals surface area contributed by atoms with Gasteiger partial charge in [0.1, 0.15) is 18.3 Å². The molecule has 1 N–H and O–H groups in total. The summed E-state index contributed by atoms with van der Waals surface area (Å²) in [5, 5.41) is 3.26. The number of methoxy groups -OCH3 is 1. The number of carbonyl (C=O) groups excluding carboxylic acids is 3. The molecule has 0 fully saturated rings. The van der Waals surface area contributed by atoms with Gasteiger partial charge in [-0.25, -0.2) is 4.79 Å². The van der Waals surface area contributed by atoms with E-state index in [1.54, 1.807) is 6.92 Å². The van der Waals surface area contributed by atoms with E-state index < -0.39 is 23.8 Å². The van der Waals surface area contributed by atoms with Crippen LogP contribution in [0.4, 0.5) is 0 Å². The van der Waals surface area contributed by atoms with Crippen LogP contribution in [0.25, 0.3) is 0 Å². The summed E-state index contributed by atoms with van der Waals surface area (Å²) in [5.41, 5.74) is 2.76. The highest BCUT2D eigenvalue weighted by molar-refractivity contribution is 6.12. The van der Waals surface area contributed by atoms with Crippen molar-refractivity contribution in [3.63, 3.8) is 0 Å². The number of rotatable bonds is 9. The minimum atomic E-state index is -0.937. The maximum atomic E-state index is 13.8. The van der Waals surface area contributed by atoms with Crippen LogP contribution < -0.4 is 10.1 Å². The highest BCUT2D eigenvalue weighted by atomic mass is 16.6. The number of Topliss-reactive ketones (excluding diaryl/α,β-unsaturated/α-hetero) is 1. The van der Waals surface area contributed by atoms with Gasteiger partial charge in [0.25, 0.3) is 0 Å². The molecule has 1 aliphatic carbocycles. The minimum absolute atomic E-state index is 0.0184. The Labute approximate surface area is 206 Å². The van der Waals surface area contributed by atoms with Crippen LogP contribution in [0.1, 0.15) is 52.5 Å².